The van der Waals surface area contributed by atoms with Crippen LogP contribution in [0, 0.1) is 0 Å². The van der Waals surface area contributed by atoms with Crippen molar-refractivity contribution in [2.24, 2.45) is 14.1 Å². The SMILES string of the molecule is Cn1c(=O)c2cc(C(=O)N3CCN(c4ncccn4)CC3)sc2n(C)c1=O. The van der Waals surface area contributed by atoms with E-state index in [9.17, 15) is 14.4 Å². The molecule has 4 heterocycles. The number of carbonyl (C=O) groups excluding carboxylic acids is 1. The van der Waals surface area contributed by atoms with E-state index in [1.54, 1.807) is 36.5 Å². The highest BCUT2D eigenvalue weighted by Crippen LogP contribution is 2.23. The number of aromatic nitrogens is 4. The minimum atomic E-state index is -0.398. The van der Waals surface area contributed by atoms with Crippen molar-refractivity contribution in [3.8, 4) is 0 Å². The minimum Gasteiger partial charge on any atom is -0.337 e. The average Bonchev–Trinajstić information content (AvgIpc) is 3.16. The van der Waals surface area contributed by atoms with Crippen LogP contribution in [0.3, 0.4) is 0 Å². The van der Waals surface area contributed by atoms with Gasteiger partial charge in [-0.05, 0) is 12.1 Å². The zero-order valence-electron chi connectivity index (χ0n) is 15.0. The Balaban J connectivity index is 1.57. The van der Waals surface area contributed by atoms with Crippen LogP contribution in [0.15, 0.2) is 34.1 Å². The maximum atomic E-state index is 12.9. The summed E-state index contributed by atoms with van der Waals surface area (Å²) in [5.74, 6) is 0.532. The normalized spacial score (nSPS) is 14.7. The van der Waals surface area contributed by atoms with Crippen LogP contribution in [0.25, 0.3) is 10.2 Å². The van der Waals surface area contributed by atoms with Crippen LogP contribution in [0.4, 0.5) is 5.95 Å². The van der Waals surface area contributed by atoms with Crippen molar-refractivity contribution in [1.82, 2.24) is 24.0 Å². The highest BCUT2D eigenvalue weighted by molar-refractivity contribution is 7.20. The van der Waals surface area contributed by atoms with Gasteiger partial charge in [0.15, 0.2) is 0 Å². The largest absolute Gasteiger partial charge is 0.337 e. The van der Waals surface area contributed by atoms with Gasteiger partial charge in [0.2, 0.25) is 5.95 Å². The number of hydrogen-bond donors (Lipinski definition) is 0. The third-order valence-electron chi connectivity index (χ3n) is 4.74. The lowest BCUT2D eigenvalue weighted by Crippen LogP contribution is -2.49. The van der Waals surface area contributed by atoms with Gasteiger partial charge in [-0.25, -0.2) is 14.8 Å². The predicted molar refractivity (Wildman–Crippen MR) is 102 cm³/mol. The average molecular weight is 386 g/mol. The molecule has 4 rings (SSSR count). The van der Waals surface area contributed by atoms with Crippen molar-refractivity contribution in [3.63, 3.8) is 0 Å². The van der Waals surface area contributed by atoms with E-state index >= 15 is 0 Å². The lowest BCUT2D eigenvalue weighted by Gasteiger charge is -2.34. The van der Waals surface area contributed by atoms with Gasteiger partial charge >= 0.3 is 5.69 Å². The Bertz CT molecular complexity index is 1130. The van der Waals surface area contributed by atoms with Crippen molar-refractivity contribution in [3.05, 3.63) is 50.2 Å². The van der Waals surface area contributed by atoms with Crippen molar-refractivity contribution in [2.75, 3.05) is 31.1 Å². The Hall–Kier alpha value is -3.01. The molecule has 0 unspecified atom stereocenters. The van der Waals surface area contributed by atoms with Gasteiger partial charge in [0.1, 0.15) is 4.83 Å². The summed E-state index contributed by atoms with van der Waals surface area (Å²) in [6, 6.07) is 3.36. The van der Waals surface area contributed by atoms with Gasteiger partial charge in [0, 0.05) is 52.7 Å². The molecule has 27 heavy (non-hydrogen) atoms. The van der Waals surface area contributed by atoms with Crippen LogP contribution in [-0.4, -0.2) is 56.1 Å². The number of fused-ring (bicyclic) bond motifs is 1. The third-order valence-corrected chi connectivity index (χ3v) is 5.94. The molecule has 0 spiro atoms. The first kappa shape index (κ1) is 17.4. The maximum Gasteiger partial charge on any atom is 0.331 e. The van der Waals surface area contributed by atoms with Gasteiger partial charge in [0.05, 0.1) is 10.3 Å². The number of hydrogen-bond acceptors (Lipinski definition) is 7. The van der Waals surface area contributed by atoms with Gasteiger partial charge in [-0.1, -0.05) is 0 Å². The quantitative estimate of drug-likeness (QED) is 0.618. The Labute approximate surface area is 158 Å². The zero-order chi connectivity index (χ0) is 19.1. The third kappa shape index (κ3) is 2.91. The van der Waals surface area contributed by atoms with E-state index in [4.69, 9.17) is 0 Å². The number of rotatable bonds is 2. The van der Waals surface area contributed by atoms with E-state index in [0.717, 1.165) is 4.57 Å². The summed E-state index contributed by atoms with van der Waals surface area (Å²) in [5, 5.41) is 0.393. The summed E-state index contributed by atoms with van der Waals surface area (Å²) >= 11 is 1.18. The Morgan fingerprint density at radius 3 is 2.37 bits per heavy atom. The fourth-order valence-electron chi connectivity index (χ4n) is 3.19. The van der Waals surface area contributed by atoms with Crippen LogP contribution in [-0.2, 0) is 14.1 Å². The fraction of sp³-hybridized carbons (Fsp3) is 0.353. The second-order valence-electron chi connectivity index (χ2n) is 6.36. The van der Waals surface area contributed by atoms with Crippen molar-refractivity contribution in [1.29, 1.82) is 0 Å². The molecule has 1 aliphatic heterocycles. The van der Waals surface area contributed by atoms with E-state index in [1.165, 1.54) is 23.0 Å². The topological polar surface area (TPSA) is 93.3 Å². The first-order valence-electron chi connectivity index (χ1n) is 8.48. The molecule has 0 radical (unpaired) electrons. The molecule has 0 N–H and O–H groups in total. The van der Waals surface area contributed by atoms with Crippen molar-refractivity contribution in [2.45, 2.75) is 0 Å². The second-order valence-corrected chi connectivity index (χ2v) is 7.39. The van der Waals surface area contributed by atoms with Gasteiger partial charge in [0.25, 0.3) is 11.5 Å². The van der Waals surface area contributed by atoms with Crippen LogP contribution in [0.5, 0.6) is 0 Å². The first-order chi connectivity index (χ1) is 13.0. The van der Waals surface area contributed by atoms with Crippen LogP contribution >= 0.6 is 11.3 Å². The number of piperazine rings is 1. The molecule has 1 saturated heterocycles. The van der Waals surface area contributed by atoms with E-state index in [2.05, 4.69) is 9.97 Å². The monoisotopic (exact) mass is 386 g/mol. The molecule has 140 valence electrons. The molecule has 3 aromatic rings. The molecular formula is C17H18N6O3S. The minimum absolute atomic E-state index is 0.126. The molecule has 1 fully saturated rings. The summed E-state index contributed by atoms with van der Waals surface area (Å²) in [6.45, 7) is 2.37. The number of amides is 1. The number of carbonyl (C=O) groups is 1. The molecule has 10 heteroatoms. The first-order valence-corrected chi connectivity index (χ1v) is 9.30. The zero-order valence-corrected chi connectivity index (χ0v) is 15.8. The van der Waals surface area contributed by atoms with Crippen LogP contribution in [0.1, 0.15) is 9.67 Å². The predicted octanol–water partition coefficient (Wildman–Crippen LogP) is 0.0511. The maximum absolute atomic E-state index is 12.9. The molecule has 0 aromatic carbocycles. The lowest BCUT2D eigenvalue weighted by atomic mass is 10.3. The van der Waals surface area contributed by atoms with E-state index < -0.39 is 5.69 Å². The van der Waals surface area contributed by atoms with E-state index in [-0.39, 0.29) is 11.5 Å². The van der Waals surface area contributed by atoms with Crippen LogP contribution < -0.4 is 16.1 Å². The molecule has 0 atom stereocenters. The van der Waals surface area contributed by atoms with Gasteiger partial charge in [-0.3, -0.25) is 18.7 Å². The molecule has 9 nitrogen and oxygen atoms in total. The van der Waals surface area contributed by atoms with Gasteiger partial charge in [-0.15, -0.1) is 11.3 Å². The standard InChI is InChI=1S/C17H18N6O3S/c1-20-13(24)11-10-12(27-15(11)21(2)17(20)26)14(25)22-6-8-23(9-7-22)16-18-4-3-5-19-16/h3-5,10H,6-9H2,1-2H3. The Kier molecular flexibility index (Phi) is 4.27. The Morgan fingerprint density at radius 1 is 1.04 bits per heavy atom. The van der Waals surface area contributed by atoms with Gasteiger partial charge < -0.3 is 9.80 Å². The Morgan fingerprint density at radius 2 is 1.70 bits per heavy atom. The summed E-state index contributed by atoms with van der Waals surface area (Å²) in [6.07, 6.45) is 3.39. The molecule has 0 saturated carbocycles. The van der Waals surface area contributed by atoms with E-state index in [1.807, 2.05) is 4.90 Å². The van der Waals surface area contributed by atoms with E-state index in [0.29, 0.717) is 47.2 Å². The number of aryl methyl sites for hydroxylation is 1. The smallest absolute Gasteiger partial charge is 0.331 e. The number of nitrogens with zero attached hydrogens (tertiary/aromatic N) is 6. The number of anilines is 1. The fourth-order valence-corrected chi connectivity index (χ4v) is 4.26. The van der Waals surface area contributed by atoms with Crippen LogP contribution in [0.2, 0.25) is 0 Å². The summed E-state index contributed by atoms with van der Waals surface area (Å²) in [7, 11) is 3.04. The molecular weight excluding hydrogens is 368 g/mol. The molecule has 1 aliphatic rings. The molecule has 1 amide bonds. The molecule has 0 aliphatic carbocycles. The molecule has 3 aromatic heterocycles. The van der Waals surface area contributed by atoms with Crippen molar-refractivity contribution >= 4 is 33.4 Å². The summed E-state index contributed by atoms with van der Waals surface area (Å²) < 4.78 is 2.46. The highest BCUT2D eigenvalue weighted by Gasteiger charge is 2.25. The van der Waals surface area contributed by atoms with Crippen molar-refractivity contribution < 1.29 is 4.79 Å². The lowest BCUT2D eigenvalue weighted by molar-refractivity contribution is 0.0751. The number of thiophene rings is 1. The highest BCUT2D eigenvalue weighted by atomic mass is 32.1. The molecule has 0 bridgehead atoms. The second kappa shape index (κ2) is 6.62. The van der Waals surface area contributed by atoms with Gasteiger partial charge in [-0.2, -0.15) is 0 Å². The summed E-state index contributed by atoms with van der Waals surface area (Å²) in [5.41, 5.74) is -0.778. The summed E-state index contributed by atoms with van der Waals surface area (Å²) in [4.78, 5) is 50.5.